The van der Waals surface area contributed by atoms with Crippen LogP contribution in [0.4, 0.5) is 0 Å². The highest BCUT2D eigenvalue weighted by molar-refractivity contribution is 4.29. The summed E-state index contributed by atoms with van der Waals surface area (Å²) in [5, 5.41) is 8.25. The van der Waals surface area contributed by atoms with Gasteiger partial charge in [0.05, 0.1) is 7.11 Å². The van der Waals surface area contributed by atoms with Crippen LogP contribution in [-0.4, -0.2) is 7.11 Å². The molecule has 0 aromatic heterocycles. The van der Waals surface area contributed by atoms with E-state index in [2.05, 4.69) is 27.7 Å². The molecule has 0 rings (SSSR count). The fourth-order valence-corrected chi connectivity index (χ4v) is 0. The normalized spacial score (nSPS) is 5.00. The van der Waals surface area contributed by atoms with Crippen molar-refractivity contribution in [1.29, 1.82) is 0 Å². The van der Waals surface area contributed by atoms with Crippen molar-refractivity contribution in [2.24, 2.45) is 0 Å². The van der Waals surface area contributed by atoms with Gasteiger partial charge >= 0.3 is 0 Å². The molecular formula is C11H27O. The van der Waals surface area contributed by atoms with E-state index in [9.17, 15) is 0 Å². The van der Waals surface area contributed by atoms with E-state index in [-0.39, 0.29) is 7.43 Å². The average molecular weight is 175 g/mol. The van der Waals surface area contributed by atoms with Gasteiger partial charge in [-0.3, -0.25) is 0 Å². The van der Waals surface area contributed by atoms with E-state index in [4.69, 9.17) is 5.11 Å². The van der Waals surface area contributed by atoms with E-state index in [0.717, 1.165) is 20.0 Å². The maximum absolute atomic E-state index is 8.25. The van der Waals surface area contributed by atoms with E-state index < -0.39 is 0 Å². The lowest BCUT2D eigenvalue weighted by Gasteiger charge is -1.67. The first-order valence-electron chi connectivity index (χ1n) is 4.03. The first-order valence-corrected chi connectivity index (χ1v) is 4.03. The Morgan fingerprint density at radius 3 is 1.08 bits per heavy atom. The van der Waals surface area contributed by atoms with E-state index in [1.165, 1.54) is 6.42 Å². The second-order valence-corrected chi connectivity index (χ2v) is 1.35. The van der Waals surface area contributed by atoms with Crippen LogP contribution < -0.4 is 0 Å². The highest BCUT2D eigenvalue weighted by Gasteiger charge is 1.56. The third-order valence-electron chi connectivity index (χ3n) is 0.354. The Morgan fingerprint density at radius 2 is 1.08 bits per heavy atom. The lowest BCUT2D eigenvalue weighted by atomic mass is 10.4. The maximum atomic E-state index is 8.25. The molecule has 0 aromatic carbocycles. The number of unbranched alkanes of at least 4 members (excludes halogenated alkanes) is 1. The largest absolute Gasteiger partial charge is 0.240 e. The molecular weight excluding hydrogens is 148 g/mol. The van der Waals surface area contributed by atoms with Gasteiger partial charge in [-0.15, -0.1) is 0 Å². The van der Waals surface area contributed by atoms with E-state index >= 15 is 0 Å². The third-order valence-corrected chi connectivity index (χ3v) is 0.354. The van der Waals surface area contributed by atoms with Crippen molar-refractivity contribution >= 4 is 0 Å². The standard InChI is InChI=1S/C4H9.C3H7.C2H5.CH3O.CH3/c1-3-4-2;1-3-2;2*1-2;/h1,3-4H2,2H3;1,3H2,2H3;1H2,2H3;1H3;1H3. The summed E-state index contributed by atoms with van der Waals surface area (Å²) >= 11 is 0. The summed E-state index contributed by atoms with van der Waals surface area (Å²) in [4.78, 5) is 0. The molecule has 1 heteroatoms. The lowest BCUT2D eigenvalue weighted by molar-refractivity contribution is 0.282. The Hall–Kier alpha value is -0.0400. The molecule has 0 amide bonds. The predicted octanol–water partition coefficient (Wildman–Crippen LogP) is 4.19. The summed E-state index contributed by atoms with van der Waals surface area (Å²) in [5.41, 5.74) is 0. The molecule has 0 fully saturated rings. The van der Waals surface area contributed by atoms with Crippen LogP contribution in [-0.2, 0) is 5.11 Å². The monoisotopic (exact) mass is 175 g/mol. The zero-order valence-electron chi connectivity index (χ0n) is 9.65. The summed E-state index contributed by atoms with van der Waals surface area (Å²) in [6.45, 7) is 16.2. The van der Waals surface area contributed by atoms with Crippen LogP contribution in [0.25, 0.3) is 0 Å². The number of hydrogen-bond acceptors (Lipinski definition) is 0. The van der Waals surface area contributed by atoms with Crippen molar-refractivity contribution in [3.05, 3.63) is 28.2 Å². The summed E-state index contributed by atoms with van der Waals surface area (Å²) in [5.74, 6) is 0. The van der Waals surface area contributed by atoms with Gasteiger partial charge in [-0.2, -0.15) is 0 Å². The number of rotatable bonds is 1. The van der Waals surface area contributed by atoms with Gasteiger partial charge in [0, 0.05) is 0 Å². The van der Waals surface area contributed by atoms with Gasteiger partial charge in [0.25, 0.3) is 0 Å². The quantitative estimate of drug-likeness (QED) is 0.569. The van der Waals surface area contributed by atoms with Crippen LogP contribution in [0.15, 0.2) is 0 Å². The third kappa shape index (κ3) is 868. The molecule has 0 aliphatic carbocycles. The molecule has 0 saturated heterocycles. The Kier molecular flexibility index (Phi) is 307. The van der Waals surface area contributed by atoms with Gasteiger partial charge in [-0.1, -0.05) is 68.2 Å². The molecule has 0 N–H and O–H groups in total. The molecule has 0 unspecified atom stereocenters. The number of hydrogen-bond donors (Lipinski definition) is 0. The minimum Gasteiger partial charge on any atom is -0.240 e. The van der Waals surface area contributed by atoms with Gasteiger partial charge in [-0.05, 0) is 0 Å². The fourth-order valence-electron chi connectivity index (χ4n) is 0. The van der Waals surface area contributed by atoms with Crippen LogP contribution in [0, 0.1) is 28.2 Å². The molecule has 0 aliphatic heterocycles. The minimum atomic E-state index is 0. The zero-order chi connectivity index (χ0) is 10.1. The second-order valence-electron chi connectivity index (χ2n) is 1.35. The van der Waals surface area contributed by atoms with Crippen molar-refractivity contribution in [2.45, 2.75) is 40.0 Å². The molecule has 12 heavy (non-hydrogen) atoms. The molecule has 5 radical (unpaired) electrons. The molecule has 0 aromatic rings. The van der Waals surface area contributed by atoms with E-state index in [1.54, 1.807) is 6.92 Å². The van der Waals surface area contributed by atoms with Gasteiger partial charge < -0.3 is 0 Å². The molecule has 0 spiro atoms. The van der Waals surface area contributed by atoms with Gasteiger partial charge in [0.15, 0.2) is 0 Å². The van der Waals surface area contributed by atoms with Crippen molar-refractivity contribution in [3.63, 3.8) is 0 Å². The molecule has 0 bridgehead atoms. The van der Waals surface area contributed by atoms with Crippen molar-refractivity contribution < 1.29 is 5.11 Å². The first-order chi connectivity index (χ1) is 5.33. The Labute approximate surface area is 81.2 Å². The summed E-state index contributed by atoms with van der Waals surface area (Å²) in [6, 6.07) is 0. The van der Waals surface area contributed by atoms with Crippen LogP contribution in [0.2, 0.25) is 0 Å². The van der Waals surface area contributed by atoms with Crippen molar-refractivity contribution in [2.75, 3.05) is 7.11 Å². The van der Waals surface area contributed by atoms with Crippen LogP contribution in [0.5, 0.6) is 0 Å². The second kappa shape index (κ2) is 124. The predicted molar refractivity (Wildman–Crippen MR) is 60.0 cm³/mol. The summed E-state index contributed by atoms with van der Waals surface area (Å²) in [6.07, 6.45) is 3.28. The first kappa shape index (κ1) is 29.7. The highest BCUT2D eigenvalue weighted by Crippen LogP contribution is 1.75. The maximum Gasteiger partial charge on any atom is 0.0712 e. The Morgan fingerprint density at radius 1 is 1.00 bits per heavy atom. The molecule has 0 aliphatic rings. The smallest absolute Gasteiger partial charge is 0.0712 e. The van der Waals surface area contributed by atoms with E-state index in [0.29, 0.717) is 0 Å². The summed E-state index contributed by atoms with van der Waals surface area (Å²) < 4.78 is 0. The van der Waals surface area contributed by atoms with Crippen molar-refractivity contribution in [3.8, 4) is 0 Å². The zero-order valence-corrected chi connectivity index (χ0v) is 9.65. The molecule has 0 atom stereocenters. The van der Waals surface area contributed by atoms with Gasteiger partial charge in [-0.25, -0.2) is 5.11 Å². The Bertz CT molecular complexity index is 12.5. The Balaban J connectivity index is -0.0000000186. The molecule has 1 nitrogen and oxygen atoms in total. The van der Waals surface area contributed by atoms with Crippen LogP contribution in [0.3, 0.4) is 0 Å². The molecule has 0 heterocycles. The average Bonchev–Trinajstić information content (AvgIpc) is 2.12. The lowest BCUT2D eigenvalue weighted by Crippen LogP contribution is -1.48. The van der Waals surface area contributed by atoms with Crippen LogP contribution in [0.1, 0.15) is 40.0 Å². The van der Waals surface area contributed by atoms with Crippen LogP contribution >= 0.6 is 0 Å². The van der Waals surface area contributed by atoms with Gasteiger partial charge in [0.1, 0.15) is 0 Å². The molecule has 0 saturated carbocycles. The molecule has 77 valence electrons. The van der Waals surface area contributed by atoms with E-state index in [1.807, 2.05) is 6.92 Å². The summed E-state index contributed by atoms with van der Waals surface area (Å²) in [7, 11) is 0.750. The minimum absolute atomic E-state index is 0. The fraction of sp³-hybridized carbons (Fsp3) is 0.636. The van der Waals surface area contributed by atoms with Crippen molar-refractivity contribution in [1.82, 2.24) is 0 Å². The SMILES string of the molecule is C[O].[CH2]C.[CH2]CC.[CH2]CCC.[CH3]. The topological polar surface area (TPSA) is 19.9 Å². The van der Waals surface area contributed by atoms with Gasteiger partial charge in [0.2, 0.25) is 0 Å². The highest BCUT2D eigenvalue weighted by atomic mass is 16.2.